The third-order valence-electron chi connectivity index (χ3n) is 5.05. The monoisotopic (exact) mass is 437 g/mol. The van der Waals surface area contributed by atoms with Gasteiger partial charge in [-0.15, -0.1) is 0 Å². The standard InChI is InChI=1S/C20H18ClF2N3O2S/c1-11(27)26-20(29-19(25-26)15-9-14(22)3-4-17(15)23)12(6-7-24)10-28-18-5-2-13(21)8-16(18)20/h2-5,8-9,12H,6-7,10,24H2,1H3/t12-,20-/m0/s1. The lowest BCUT2D eigenvalue weighted by molar-refractivity contribution is -0.134. The van der Waals surface area contributed by atoms with Crippen LogP contribution >= 0.6 is 23.4 Å². The van der Waals surface area contributed by atoms with E-state index in [1.54, 1.807) is 18.2 Å². The van der Waals surface area contributed by atoms with Crippen LogP contribution in [0.5, 0.6) is 5.75 Å². The molecule has 0 bridgehead atoms. The van der Waals surface area contributed by atoms with Crippen molar-refractivity contribution in [3.63, 3.8) is 0 Å². The van der Waals surface area contributed by atoms with Gasteiger partial charge in [-0.1, -0.05) is 23.4 Å². The average Bonchev–Trinajstić information content (AvgIpc) is 3.08. The highest BCUT2D eigenvalue weighted by atomic mass is 35.5. The van der Waals surface area contributed by atoms with E-state index >= 15 is 0 Å². The van der Waals surface area contributed by atoms with E-state index in [-0.39, 0.29) is 22.4 Å². The molecule has 0 fully saturated rings. The van der Waals surface area contributed by atoms with Crippen molar-refractivity contribution < 1.29 is 18.3 Å². The molecule has 29 heavy (non-hydrogen) atoms. The van der Waals surface area contributed by atoms with Crippen molar-refractivity contribution in [1.82, 2.24) is 5.01 Å². The molecule has 1 spiro atoms. The zero-order valence-corrected chi connectivity index (χ0v) is 17.1. The highest BCUT2D eigenvalue weighted by molar-refractivity contribution is 8.15. The largest absolute Gasteiger partial charge is 0.493 e. The fourth-order valence-corrected chi connectivity index (χ4v) is 5.52. The maximum Gasteiger partial charge on any atom is 0.241 e. The molecule has 2 N–H and O–H groups in total. The van der Waals surface area contributed by atoms with Crippen molar-refractivity contribution in [3.8, 4) is 5.75 Å². The Labute approximate surface area is 175 Å². The Morgan fingerprint density at radius 1 is 1.38 bits per heavy atom. The van der Waals surface area contributed by atoms with Crippen molar-refractivity contribution >= 4 is 34.3 Å². The second-order valence-corrected chi connectivity index (χ2v) is 8.53. The van der Waals surface area contributed by atoms with Crippen LogP contribution < -0.4 is 10.5 Å². The van der Waals surface area contributed by atoms with Crippen LogP contribution in [-0.4, -0.2) is 29.1 Å². The molecule has 2 aliphatic rings. The molecule has 2 atom stereocenters. The summed E-state index contributed by atoms with van der Waals surface area (Å²) in [6, 6.07) is 8.32. The normalized spacial score (nSPS) is 23.0. The molecule has 2 aromatic carbocycles. The number of hydrogen-bond donors (Lipinski definition) is 1. The Kier molecular flexibility index (Phi) is 5.27. The van der Waals surface area contributed by atoms with E-state index in [0.29, 0.717) is 35.9 Å². The molecular weight excluding hydrogens is 420 g/mol. The Bertz CT molecular complexity index is 1020. The maximum absolute atomic E-state index is 14.5. The number of hydrazone groups is 1. The minimum absolute atomic E-state index is 0.000284. The van der Waals surface area contributed by atoms with Crippen LogP contribution in [0, 0.1) is 17.6 Å². The molecule has 9 heteroatoms. The highest BCUT2D eigenvalue weighted by Gasteiger charge is 2.56. The van der Waals surface area contributed by atoms with Crippen molar-refractivity contribution in [2.75, 3.05) is 13.2 Å². The predicted octanol–water partition coefficient (Wildman–Crippen LogP) is 4.09. The first-order chi connectivity index (χ1) is 13.9. The zero-order chi connectivity index (χ0) is 20.8. The molecule has 2 aromatic rings. The van der Waals surface area contributed by atoms with Crippen LogP contribution in [0.3, 0.4) is 0 Å². The fourth-order valence-electron chi connectivity index (χ4n) is 3.79. The minimum Gasteiger partial charge on any atom is -0.493 e. The summed E-state index contributed by atoms with van der Waals surface area (Å²) in [5.74, 6) is -1.21. The Morgan fingerprint density at radius 2 is 2.17 bits per heavy atom. The summed E-state index contributed by atoms with van der Waals surface area (Å²) in [7, 11) is 0. The van der Waals surface area contributed by atoms with E-state index in [0.717, 1.165) is 18.2 Å². The lowest BCUT2D eigenvalue weighted by Crippen LogP contribution is -2.51. The maximum atomic E-state index is 14.5. The van der Waals surface area contributed by atoms with Crippen LogP contribution in [0.2, 0.25) is 5.02 Å². The van der Waals surface area contributed by atoms with Gasteiger partial charge in [-0.3, -0.25) is 4.79 Å². The quantitative estimate of drug-likeness (QED) is 0.785. The highest BCUT2D eigenvalue weighted by Crippen LogP contribution is 2.57. The smallest absolute Gasteiger partial charge is 0.241 e. The first-order valence-corrected chi connectivity index (χ1v) is 10.2. The molecule has 0 saturated heterocycles. The molecule has 0 saturated carbocycles. The number of rotatable bonds is 3. The van der Waals surface area contributed by atoms with E-state index in [9.17, 15) is 13.6 Å². The molecule has 1 amide bonds. The second-order valence-electron chi connectivity index (χ2n) is 6.88. The van der Waals surface area contributed by atoms with Crippen LogP contribution in [0.25, 0.3) is 0 Å². The molecule has 5 nitrogen and oxygen atoms in total. The fraction of sp³-hybridized carbons (Fsp3) is 0.300. The number of carbonyl (C=O) groups is 1. The van der Waals surface area contributed by atoms with Crippen LogP contribution in [0.15, 0.2) is 41.5 Å². The number of fused-ring (bicyclic) bond motifs is 2. The van der Waals surface area contributed by atoms with Gasteiger partial charge in [-0.2, -0.15) is 5.10 Å². The number of benzene rings is 2. The third-order valence-corrected chi connectivity index (χ3v) is 6.82. The molecule has 4 rings (SSSR count). The summed E-state index contributed by atoms with van der Waals surface area (Å²) in [5.41, 5.74) is 6.49. The van der Waals surface area contributed by atoms with Crippen molar-refractivity contribution in [2.24, 2.45) is 16.8 Å². The van der Waals surface area contributed by atoms with Gasteiger partial charge in [0, 0.05) is 29.0 Å². The third kappa shape index (κ3) is 3.29. The topological polar surface area (TPSA) is 67.9 Å². The van der Waals surface area contributed by atoms with Gasteiger partial charge >= 0.3 is 0 Å². The Balaban J connectivity index is 1.91. The summed E-state index contributed by atoms with van der Waals surface area (Å²) in [4.78, 5) is 11.6. The van der Waals surface area contributed by atoms with Gasteiger partial charge in [0.15, 0.2) is 4.87 Å². The lowest BCUT2D eigenvalue weighted by atomic mass is 9.86. The number of ether oxygens (including phenoxy) is 1. The molecule has 2 heterocycles. The number of hydrogen-bond acceptors (Lipinski definition) is 5. The lowest BCUT2D eigenvalue weighted by Gasteiger charge is -2.45. The SMILES string of the molecule is CC(=O)N1N=C(c2cc(F)ccc2F)S[C@@]12c1cc(Cl)ccc1OC[C@@H]2CCN. The molecule has 0 aromatic heterocycles. The Morgan fingerprint density at radius 3 is 2.90 bits per heavy atom. The zero-order valence-electron chi connectivity index (χ0n) is 15.5. The molecule has 2 aliphatic heterocycles. The van der Waals surface area contributed by atoms with Crippen molar-refractivity contribution in [2.45, 2.75) is 18.2 Å². The number of thioether (sulfide) groups is 1. The summed E-state index contributed by atoms with van der Waals surface area (Å²) in [6.45, 7) is 2.05. The van der Waals surface area contributed by atoms with E-state index in [1.807, 2.05) is 0 Å². The average molecular weight is 438 g/mol. The number of nitrogens with two attached hydrogens (primary N) is 1. The minimum atomic E-state index is -1.02. The number of nitrogens with zero attached hydrogens (tertiary/aromatic N) is 2. The van der Waals surface area contributed by atoms with E-state index in [1.165, 1.54) is 23.7 Å². The molecule has 0 aliphatic carbocycles. The summed E-state index contributed by atoms with van der Waals surface area (Å²) in [6.07, 6.45) is 0.539. The van der Waals surface area contributed by atoms with Gasteiger partial charge in [0.25, 0.3) is 0 Å². The van der Waals surface area contributed by atoms with Gasteiger partial charge in [0.1, 0.15) is 22.4 Å². The van der Waals surface area contributed by atoms with Crippen LogP contribution in [-0.2, 0) is 9.67 Å². The van der Waals surface area contributed by atoms with Gasteiger partial charge in [0.05, 0.1) is 6.61 Å². The van der Waals surface area contributed by atoms with Crippen LogP contribution in [0.1, 0.15) is 24.5 Å². The van der Waals surface area contributed by atoms with Gasteiger partial charge in [0.2, 0.25) is 5.91 Å². The molecule has 0 unspecified atom stereocenters. The van der Waals surface area contributed by atoms with Crippen molar-refractivity contribution in [3.05, 3.63) is 64.2 Å². The number of halogens is 3. The van der Waals surface area contributed by atoms with Crippen LogP contribution in [0.4, 0.5) is 8.78 Å². The predicted molar refractivity (Wildman–Crippen MR) is 109 cm³/mol. The molecule has 0 radical (unpaired) electrons. The van der Waals surface area contributed by atoms with Gasteiger partial charge in [-0.25, -0.2) is 13.8 Å². The van der Waals surface area contributed by atoms with Crippen molar-refractivity contribution in [1.29, 1.82) is 0 Å². The molecule has 152 valence electrons. The number of carbonyl (C=O) groups excluding carboxylic acids is 1. The molecular formula is C20H18ClF2N3O2S. The summed E-state index contributed by atoms with van der Waals surface area (Å²) >= 11 is 7.45. The second kappa shape index (κ2) is 7.59. The first kappa shape index (κ1) is 20.1. The summed E-state index contributed by atoms with van der Waals surface area (Å²) < 4.78 is 34.2. The Hall–Kier alpha value is -2.16. The first-order valence-electron chi connectivity index (χ1n) is 9.03. The summed E-state index contributed by atoms with van der Waals surface area (Å²) in [5, 5.41) is 6.43. The van der Waals surface area contributed by atoms with E-state index < -0.39 is 16.5 Å². The van der Waals surface area contributed by atoms with E-state index in [4.69, 9.17) is 22.1 Å². The number of amides is 1. The van der Waals surface area contributed by atoms with Gasteiger partial charge < -0.3 is 10.5 Å². The van der Waals surface area contributed by atoms with E-state index in [2.05, 4.69) is 5.10 Å². The van der Waals surface area contributed by atoms with Gasteiger partial charge in [-0.05, 0) is 49.4 Å².